The smallest absolute Gasteiger partial charge is 0.156 e. The van der Waals surface area contributed by atoms with Gasteiger partial charge in [-0.25, -0.2) is 4.39 Å². The van der Waals surface area contributed by atoms with Crippen molar-refractivity contribution in [2.45, 2.75) is 0 Å². The van der Waals surface area contributed by atoms with Crippen LogP contribution in [-0.4, -0.2) is 24.8 Å². The highest BCUT2D eigenvalue weighted by atomic mass is 19.1. The molecule has 0 aromatic rings. The molecule has 0 saturated heterocycles. The molecule has 0 atom stereocenters. The molecule has 2 nitrogen and oxygen atoms in total. The quantitative estimate of drug-likeness (QED) is 0.454. The normalized spacial score (nSPS) is 18.8. The first kappa shape index (κ1) is 5.28. The maximum Gasteiger partial charge on any atom is 0.156 e. The number of hydrogen-bond donors (Lipinski definition) is 0. The Labute approximate surface area is 47.3 Å². The summed E-state index contributed by atoms with van der Waals surface area (Å²) >= 11 is 0. The minimum Gasteiger partial charge on any atom is -0.359 e. The van der Waals surface area contributed by atoms with E-state index < -0.39 is 0 Å². The van der Waals surface area contributed by atoms with E-state index >= 15 is 0 Å². The summed E-state index contributed by atoms with van der Waals surface area (Å²) < 4.78 is 12.1. The zero-order chi connectivity index (χ0) is 5.98. The van der Waals surface area contributed by atoms with Crippen molar-refractivity contribution in [3.63, 3.8) is 0 Å². The fourth-order valence-corrected chi connectivity index (χ4v) is 0.542. The highest BCUT2D eigenvalue weighted by molar-refractivity contribution is 5.75. The van der Waals surface area contributed by atoms with Gasteiger partial charge in [-0.05, 0) is 0 Å². The van der Waals surface area contributed by atoms with Crippen molar-refractivity contribution in [2.24, 2.45) is 4.99 Å². The Bertz CT molecular complexity index is 139. The van der Waals surface area contributed by atoms with Crippen molar-refractivity contribution >= 4 is 6.21 Å². The monoisotopic (exact) mass is 114 g/mol. The summed E-state index contributed by atoms with van der Waals surface area (Å²) in [4.78, 5) is 5.37. The van der Waals surface area contributed by atoms with E-state index in [0.29, 0.717) is 6.67 Å². The molecule has 0 N–H and O–H groups in total. The van der Waals surface area contributed by atoms with Crippen molar-refractivity contribution in [3.05, 3.63) is 12.0 Å². The average molecular weight is 114 g/mol. The number of allylic oxidation sites excluding steroid dienone is 1. The fraction of sp³-hybridized carbons (Fsp3) is 0.400. The van der Waals surface area contributed by atoms with Crippen LogP contribution in [0.1, 0.15) is 0 Å². The molecule has 0 spiro atoms. The molecule has 0 bridgehead atoms. The predicted octanol–water partition coefficient (Wildman–Crippen LogP) is 0.771. The van der Waals surface area contributed by atoms with Crippen LogP contribution >= 0.6 is 0 Å². The summed E-state index contributed by atoms with van der Waals surface area (Å²) in [6, 6.07) is 0. The molecule has 0 fully saturated rings. The molecule has 1 rings (SSSR count). The predicted molar refractivity (Wildman–Crippen MR) is 30.3 cm³/mol. The largest absolute Gasteiger partial charge is 0.359 e. The number of rotatable bonds is 0. The van der Waals surface area contributed by atoms with Crippen molar-refractivity contribution in [2.75, 3.05) is 13.7 Å². The van der Waals surface area contributed by atoms with E-state index in [4.69, 9.17) is 0 Å². The molecule has 0 aromatic carbocycles. The topological polar surface area (TPSA) is 15.6 Å². The van der Waals surface area contributed by atoms with Crippen molar-refractivity contribution in [1.29, 1.82) is 0 Å². The van der Waals surface area contributed by atoms with E-state index in [-0.39, 0.29) is 5.83 Å². The lowest BCUT2D eigenvalue weighted by atomic mass is 10.5. The number of aliphatic imine (C=N–C) groups is 1. The molecule has 8 heavy (non-hydrogen) atoms. The van der Waals surface area contributed by atoms with E-state index in [0.717, 1.165) is 0 Å². The maximum atomic E-state index is 12.1. The fourth-order valence-electron chi connectivity index (χ4n) is 0.542. The van der Waals surface area contributed by atoms with E-state index in [1.54, 1.807) is 11.9 Å². The lowest BCUT2D eigenvalue weighted by Crippen LogP contribution is -2.14. The molecular weight excluding hydrogens is 107 g/mol. The Balaban J connectivity index is 2.63. The zero-order valence-electron chi connectivity index (χ0n) is 4.63. The SMILES string of the molecule is CN1C=C(F)C=NC1. The molecule has 1 heterocycles. The van der Waals surface area contributed by atoms with E-state index in [1.807, 2.05) is 0 Å². The van der Waals surface area contributed by atoms with Gasteiger partial charge in [-0.3, -0.25) is 4.99 Å². The number of nitrogens with zero attached hydrogens (tertiary/aromatic N) is 2. The van der Waals surface area contributed by atoms with E-state index in [9.17, 15) is 4.39 Å². The van der Waals surface area contributed by atoms with Gasteiger partial charge in [-0.15, -0.1) is 0 Å². The van der Waals surface area contributed by atoms with Gasteiger partial charge in [0.25, 0.3) is 0 Å². The third-order valence-electron chi connectivity index (χ3n) is 0.863. The summed E-state index contributed by atoms with van der Waals surface area (Å²) in [5.74, 6) is -0.279. The second-order valence-electron chi connectivity index (χ2n) is 1.72. The van der Waals surface area contributed by atoms with Crippen molar-refractivity contribution in [1.82, 2.24) is 4.90 Å². The van der Waals surface area contributed by atoms with Crippen LogP contribution in [0.25, 0.3) is 0 Å². The first-order valence-electron chi connectivity index (χ1n) is 2.36. The summed E-state index contributed by atoms with van der Waals surface area (Å²) in [6.45, 7) is 0.563. The second kappa shape index (κ2) is 1.94. The highest BCUT2D eigenvalue weighted by Crippen LogP contribution is 1.99. The van der Waals surface area contributed by atoms with Gasteiger partial charge >= 0.3 is 0 Å². The summed E-state index contributed by atoms with van der Waals surface area (Å²) in [6.07, 6.45) is 2.63. The maximum absolute atomic E-state index is 12.1. The first-order chi connectivity index (χ1) is 3.79. The molecule has 3 heteroatoms. The van der Waals surface area contributed by atoms with Gasteiger partial charge in [-0.2, -0.15) is 0 Å². The molecule has 0 aromatic heterocycles. The van der Waals surface area contributed by atoms with Crippen LogP contribution in [0.4, 0.5) is 4.39 Å². The Kier molecular flexibility index (Phi) is 1.28. The minimum atomic E-state index is -0.279. The van der Waals surface area contributed by atoms with Gasteiger partial charge < -0.3 is 4.90 Å². The number of halogens is 1. The molecule has 0 radical (unpaired) electrons. The molecule has 44 valence electrons. The van der Waals surface area contributed by atoms with Crippen LogP contribution in [0.3, 0.4) is 0 Å². The average Bonchev–Trinajstić information content (AvgIpc) is 1.64. The van der Waals surface area contributed by atoms with E-state index in [1.165, 1.54) is 12.4 Å². The first-order valence-corrected chi connectivity index (χ1v) is 2.36. The van der Waals surface area contributed by atoms with Gasteiger partial charge in [0.15, 0.2) is 5.83 Å². The van der Waals surface area contributed by atoms with Crippen LogP contribution in [0.15, 0.2) is 17.0 Å². The number of hydrogen-bond acceptors (Lipinski definition) is 2. The van der Waals surface area contributed by atoms with E-state index in [2.05, 4.69) is 4.99 Å². The van der Waals surface area contributed by atoms with Crippen LogP contribution in [0, 0.1) is 0 Å². The Hall–Kier alpha value is -0.860. The molecular formula is C5H7FN2. The van der Waals surface area contributed by atoms with Gasteiger partial charge in [-0.1, -0.05) is 0 Å². The zero-order valence-corrected chi connectivity index (χ0v) is 4.63. The summed E-state index contributed by atoms with van der Waals surface area (Å²) in [7, 11) is 1.77. The van der Waals surface area contributed by atoms with Crippen molar-refractivity contribution in [3.8, 4) is 0 Å². The van der Waals surface area contributed by atoms with Gasteiger partial charge in [0, 0.05) is 13.2 Å². The summed E-state index contributed by atoms with van der Waals surface area (Å²) in [5.41, 5.74) is 0. The molecule has 0 saturated carbocycles. The minimum absolute atomic E-state index is 0.279. The van der Waals surface area contributed by atoms with Crippen LogP contribution in [0.2, 0.25) is 0 Å². The highest BCUT2D eigenvalue weighted by Gasteiger charge is 1.97. The Morgan fingerprint density at radius 3 is 3.00 bits per heavy atom. The van der Waals surface area contributed by atoms with Gasteiger partial charge in [0.2, 0.25) is 0 Å². The van der Waals surface area contributed by atoms with Crippen LogP contribution < -0.4 is 0 Å². The molecule has 0 aliphatic carbocycles. The third kappa shape index (κ3) is 1.05. The van der Waals surface area contributed by atoms with Gasteiger partial charge in [0.05, 0.1) is 6.21 Å². The Morgan fingerprint density at radius 1 is 1.88 bits per heavy atom. The lowest BCUT2D eigenvalue weighted by molar-refractivity contribution is 0.448. The molecule has 0 amide bonds. The second-order valence-corrected chi connectivity index (χ2v) is 1.72. The summed E-state index contributed by atoms with van der Waals surface area (Å²) in [5, 5.41) is 0. The molecule has 0 unspecified atom stereocenters. The standard InChI is InChI=1S/C5H7FN2/c1-8-3-5(6)2-7-4-8/h2-3H,4H2,1H3. The molecule has 1 aliphatic rings. The van der Waals surface area contributed by atoms with Crippen LogP contribution in [-0.2, 0) is 0 Å². The van der Waals surface area contributed by atoms with Crippen molar-refractivity contribution < 1.29 is 4.39 Å². The van der Waals surface area contributed by atoms with Crippen LogP contribution in [0.5, 0.6) is 0 Å². The molecule has 1 aliphatic heterocycles. The third-order valence-corrected chi connectivity index (χ3v) is 0.863. The lowest BCUT2D eigenvalue weighted by Gasteiger charge is -2.12. The van der Waals surface area contributed by atoms with Gasteiger partial charge in [0.1, 0.15) is 6.67 Å². The Morgan fingerprint density at radius 2 is 2.62 bits per heavy atom.